The van der Waals surface area contributed by atoms with Crippen LogP contribution in [0.5, 0.6) is 5.75 Å². The lowest BCUT2D eigenvalue weighted by Crippen LogP contribution is -2.49. The summed E-state index contributed by atoms with van der Waals surface area (Å²) in [4.78, 5) is 26.6. The molecule has 2 amide bonds. The van der Waals surface area contributed by atoms with Gasteiger partial charge in [-0.25, -0.2) is 0 Å². The average Bonchev–Trinajstić information content (AvgIpc) is 3.22. The number of hydrogen-bond acceptors (Lipinski definition) is 4. The molecule has 2 heterocycles. The molecule has 1 fully saturated rings. The Balaban J connectivity index is 1.46. The predicted octanol–water partition coefficient (Wildman–Crippen LogP) is 3.77. The molecule has 1 aromatic carbocycles. The second-order valence-corrected chi connectivity index (χ2v) is 8.59. The van der Waals surface area contributed by atoms with Gasteiger partial charge in [-0.1, -0.05) is 32.9 Å². The highest BCUT2D eigenvalue weighted by molar-refractivity contribution is 5.91. The third-order valence-corrected chi connectivity index (χ3v) is 5.26. The van der Waals surface area contributed by atoms with E-state index in [2.05, 4.69) is 26.1 Å². The minimum absolute atomic E-state index is 0.0393. The maximum atomic E-state index is 12.5. The molecule has 1 aliphatic heterocycles. The van der Waals surface area contributed by atoms with Gasteiger partial charge in [0.15, 0.2) is 11.9 Å². The van der Waals surface area contributed by atoms with Crippen molar-refractivity contribution in [3.63, 3.8) is 0 Å². The minimum Gasteiger partial charge on any atom is -0.481 e. The Hall–Kier alpha value is -2.76. The Morgan fingerprint density at radius 1 is 1.14 bits per heavy atom. The number of amides is 2. The van der Waals surface area contributed by atoms with Gasteiger partial charge in [0.2, 0.25) is 0 Å². The van der Waals surface area contributed by atoms with E-state index in [9.17, 15) is 9.59 Å². The van der Waals surface area contributed by atoms with Gasteiger partial charge >= 0.3 is 0 Å². The molecule has 3 rings (SSSR count). The minimum atomic E-state index is -0.585. The Bertz CT molecular complexity index is 814. The van der Waals surface area contributed by atoms with Crippen LogP contribution in [0.1, 0.15) is 56.7 Å². The number of hydrogen-bond donors (Lipinski definition) is 1. The first kappa shape index (κ1) is 21.0. The topological polar surface area (TPSA) is 71.8 Å². The van der Waals surface area contributed by atoms with Crippen LogP contribution in [0, 0.1) is 0 Å². The highest BCUT2D eigenvalue weighted by Crippen LogP contribution is 2.24. The van der Waals surface area contributed by atoms with E-state index in [0.717, 1.165) is 0 Å². The molecule has 1 aromatic heterocycles. The standard InChI is InChI=1S/C23H30N2O4/c1-16(29-19-9-7-17(8-10-19)23(2,3)4)21(26)24-18-11-13-25(14-12-18)22(27)20-6-5-15-28-20/h5-10,15-16,18H,11-14H2,1-4H3,(H,24,26). The molecule has 6 heteroatoms. The Morgan fingerprint density at radius 3 is 2.34 bits per heavy atom. The fourth-order valence-electron chi connectivity index (χ4n) is 3.39. The van der Waals surface area contributed by atoms with Gasteiger partial charge in [0.1, 0.15) is 5.75 Å². The van der Waals surface area contributed by atoms with E-state index in [4.69, 9.17) is 9.15 Å². The second-order valence-electron chi connectivity index (χ2n) is 8.59. The molecule has 0 spiro atoms. The third kappa shape index (κ3) is 5.40. The number of ether oxygens (including phenoxy) is 1. The first-order valence-electron chi connectivity index (χ1n) is 10.1. The Morgan fingerprint density at radius 2 is 1.79 bits per heavy atom. The van der Waals surface area contributed by atoms with Gasteiger partial charge in [0, 0.05) is 19.1 Å². The normalized spacial score (nSPS) is 16.3. The van der Waals surface area contributed by atoms with Gasteiger partial charge in [-0.3, -0.25) is 9.59 Å². The molecule has 1 aliphatic rings. The molecule has 1 saturated heterocycles. The summed E-state index contributed by atoms with van der Waals surface area (Å²) < 4.78 is 11.0. The number of benzene rings is 1. The number of piperidine rings is 1. The molecule has 0 saturated carbocycles. The molecule has 0 bridgehead atoms. The van der Waals surface area contributed by atoms with Crippen molar-refractivity contribution in [1.29, 1.82) is 0 Å². The Labute approximate surface area is 172 Å². The van der Waals surface area contributed by atoms with Gasteiger partial charge in [0.25, 0.3) is 11.8 Å². The summed E-state index contributed by atoms with van der Waals surface area (Å²) in [5.41, 5.74) is 1.30. The smallest absolute Gasteiger partial charge is 0.289 e. The van der Waals surface area contributed by atoms with Gasteiger partial charge in [-0.05, 0) is 55.0 Å². The molecule has 1 N–H and O–H groups in total. The quantitative estimate of drug-likeness (QED) is 0.832. The number of likely N-dealkylation sites (tertiary alicyclic amines) is 1. The van der Waals surface area contributed by atoms with Gasteiger partial charge in [-0.2, -0.15) is 0 Å². The molecule has 156 valence electrons. The molecule has 0 radical (unpaired) electrons. The number of carbonyl (C=O) groups is 2. The predicted molar refractivity (Wildman–Crippen MR) is 111 cm³/mol. The summed E-state index contributed by atoms with van der Waals surface area (Å²) in [5, 5.41) is 3.04. The van der Waals surface area contributed by atoms with Crippen LogP contribution >= 0.6 is 0 Å². The summed E-state index contributed by atoms with van der Waals surface area (Å²) in [6, 6.07) is 11.3. The zero-order valence-electron chi connectivity index (χ0n) is 17.6. The van der Waals surface area contributed by atoms with Crippen molar-refractivity contribution in [3.05, 3.63) is 54.0 Å². The van der Waals surface area contributed by atoms with Crippen LogP contribution in [0.15, 0.2) is 47.1 Å². The van der Waals surface area contributed by atoms with Crippen LogP contribution in [0.4, 0.5) is 0 Å². The van der Waals surface area contributed by atoms with Crippen molar-refractivity contribution in [2.75, 3.05) is 13.1 Å². The van der Waals surface area contributed by atoms with E-state index in [0.29, 0.717) is 37.4 Å². The van der Waals surface area contributed by atoms with Crippen LogP contribution in [0.25, 0.3) is 0 Å². The maximum Gasteiger partial charge on any atom is 0.289 e. The van der Waals surface area contributed by atoms with Gasteiger partial charge in [-0.15, -0.1) is 0 Å². The van der Waals surface area contributed by atoms with Gasteiger partial charge < -0.3 is 19.4 Å². The third-order valence-electron chi connectivity index (χ3n) is 5.26. The second kappa shape index (κ2) is 8.72. The van der Waals surface area contributed by atoms with E-state index >= 15 is 0 Å². The first-order chi connectivity index (χ1) is 13.7. The van der Waals surface area contributed by atoms with Crippen molar-refractivity contribution >= 4 is 11.8 Å². The van der Waals surface area contributed by atoms with E-state index < -0.39 is 6.10 Å². The summed E-state index contributed by atoms with van der Waals surface area (Å²) in [6.45, 7) is 9.41. The Kier molecular flexibility index (Phi) is 6.30. The summed E-state index contributed by atoms with van der Waals surface area (Å²) >= 11 is 0. The summed E-state index contributed by atoms with van der Waals surface area (Å²) in [7, 11) is 0. The van der Waals surface area contributed by atoms with E-state index in [1.54, 1.807) is 24.0 Å². The van der Waals surface area contributed by atoms with Crippen LogP contribution < -0.4 is 10.1 Å². The van der Waals surface area contributed by atoms with Crippen molar-refractivity contribution in [2.24, 2.45) is 0 Å². The van der Waals surface area contributed by atoms with Crippen molar-refractivity contribution < 1.29 is 18.7 Å². The SMILES string of the molecule is CC(Oc1ccc(C(C)(C)C)cc1)C(=O)NC1CCN(C(=O)c2ccco2)CC1. The lowest BCUT2D eigenvalue weighted by Gasteiger charge is -2.32. The van der Waals surface area contributed by atoms with Crippen molar-refractivity contribution in [2.45, 2.75) is 58.1 Å². The molecule has 1 unspecified atom stereocenters. The highest BCUT2D eigenvalue weighted by Gasteiger charge is 2.27. The summed E-state index contributed by atoms with van der Waals surface area (Å²) in [6.07, 6.45) is 2.34. The molecular weight excluding hydrogens is 368 g/mol. The fourth-order valence-corrected chi connectivity index (χ4v) is 3.39. The van der Waals surface area contributed by atoms with E-state index in [-0.39, 0.29) is 23.3 Å². The zero-order chi connectivity index (χ0) is 21.0. The molecule has 29 heavy (non-hydrogen) atoms. The number of carbonyl (C=O) groups excluding carboxylic acids is 2. The monoisotopic (exact) mass is 398 g/mol. The van der Waals surface area contributed by atoms with E-state index in [1.165, 1.54) is 11.8 Å². The molecule has 0 aliphatic carbocycles. The first-order valence-corrected chi connectivity index (χ1v) is 10.1. The van der Waals surface area contributed by atoms with E-state index in [1.807, 2.05) is 24.3 Å². The number of nitrogens with zero attached hydrogens (tertiary/aromatic N) is 1. The number of furan rings is 1. The lowest BCUT2D eigenvalue weighted by atomic mass is 9.87. The number of nitrogens with one attached hydrogen (secondary N) is 1. The van der Waals surface area contributed by atoms with Crippen molar-refractivity contribution in [1.82, 2.24) is 10.2 Å². The molecular formula is C23H30N2O4. The lowest BCUT2D eigenvalue weighted by molar-refractivity contribution is -0.128. The average molecular weight is 399 g/mol. The van der Waals surface area contributed by atoms with Crippen molar-refractivity contribution in [3.8, 4) is 5.75 Å². The molecule has 2 aromatic rings. The van der Waals surface area contributed by atoms with Crippen LogP contribution in [0.2, 0.25) is 0 Å². The van der Waals surface area contributed by atoms with Crippen LogP contribution in [0.3, 0.4) is 0 Å². The zero-order valence-corrected chi connectivity index (χ0v) is 17.6. The fraction of sp³-hybridized carbons (Fsp3) is 0.478. The molecule has 6 nitrogen and oxygen atoms in total. The van der Waals surface area contributed by atoms with Crippen LogP contribution in [-0.4, -0.2) is 41.9 Å². The molecule has 1 atom stereocenters. The van der Waals surface area contributed by atoms with Crippen LogP contribution in [-0.2, 0) is 10.2 Å². The number of rotatable bonds is 5. The van der Waals surface area contributed by atoms with Gasteiger partial charge in [0.05, 0.1) is 6.26 Å². The largest absolute Gasteiger partial charge is 0.481 e. The summed E-state index contributed by atoms with van der Waals surface area (Å²) in [5.74, 6) is 0.794. The maximum absolute atomic E-state index is 12.5. The highest BCUT2D eigenvalue weighted by atomic mass is 16.5.